The number of allylic oxidation sites excluding steroid dienone is 2. The normalized spacial score (nSPS) is 18.0. The topological polar surface area (TPSA) is 120 Å². The molecule has 3 aromatic rings. The highest BCUT2D eigenvalue weighted by molar-refractivity contribution is 6.00. The molecule has 5 rings (SSSR count). The van der Waals surface area contributed by atoms with E-state index in [4.69, 9.17) is 14.2 Å². The number of methoxy groups -OCH3 is 1. The summed E-state index contributed by atoms with van der Waals surface area (Å²) < 4.78 is 16.3. The van der Waals surface area contributed by atoms with E-state index in [0.717, 1.165) is 25.9 Å². The molecule has 0 amide bonds. The summed E-state index contributed by atoms with van der Waals surface area (Å²) in [7, 11) is 1.50. The lowest BCUT2D eigenvalue weighted by atomic mass is 9.68. The molecule has 1 fully saturated rings. The van der Waals surface area contributed by atoms with Gasteiger partial charge in [-0.3, -0.25) is 15.0 Å². The van der Waals surface area contributed by atoms with Crippen molar-refractivity contribution in [1.82, 2.24) is 10.2 Å². The quantitative estimate of drug-likeness (QED) is 0.116. The number of non-ortho nitro benzene ring substituents is 1. The van der Waals surface area contributed by atoms with Gasteiger partial charge in [-0.15, -0.1) is 0 Å². The second kappa shape index (κ2) is 15.2. The number of nitrogens with zero attached hydrogens (tertiary/aromatic N) is 2. The molecule has 0 bridgehead atoms. The Morgan fingerprint density at radius 1 is 0.830 bits per heavy atom. The van der Waals surface area contributed by atoms with E-state index in [2.05, 4.69) is 58.7 Å². The molecule has 3 aromatic carbocycles. The molecule has 0 aromatic heterocycles. The van der Waals surface area contributed by atoms with E-state index in [9.17, 15) is 19.7 Å². The van der Waals surface area contributed by atoms with Gasteiger partial charge in [0.2, 0.25) is 0 Å². The van der Waals surface area contributed by atoms with E-state index in [1.807, 2.05) is 12.1 Å². The van der Waals surface area contributed by atoms with Crippen LogP contribution in [0.15, 0.2) is 107 Å². The van der Waals surface area contributed by atoms with Crippen LogP contribution in [0, 0.1) is 10.1 Å². The van der Waals surface area contributed by atoms with Gasteiger partial charge in [-0.05, 0) is 56.5 Å². The van der Waals surface area contributed by atoms with Crippen LogP contribution in [0.1, 0.15) is 49.3 Å². The van der Waals surface area contributed by atoms with E-state index in [-0.39, 0.29) is 42.1 Å². The summed E-state index contributed by atoms with van der Waals surface area (Å²) in [5, 5.41) is 14.8. The van der Waals surface area contributed by atoms with Crippen molar-refractivity contribution in [2.24, 2.45) is 0 Å². The van der Waals surface area contributed by atoms with Crippen LogP contribution >= 0.6 is 0 Å². The zero-order valence-corrected chi connectivity index (χ0v) is 27.1. The van der Waals surface area contributed by atoms with Crippen LogP contribution in [-0.2, 0) is 29.2 Å². The minimum atomic E-state index is -0.925. The van der Waals surface area contributed by atoms with Crippen molar-refractivity contribution in [2.45, 2.75) is 38.0 Å². The lowest BCUT2D eigenvalue weighted by Crippen LogP contribution is -2.44. The summed E-state index contributed by atoms with van der Waals surface area (Å²) in [6, 6.07) is 27.2. The zero-order valence-electron chi connectivity index (χ0n) is 27.1. The SMILES string of the molecule is COCCOC(=O)C1=C(C)NC(C)=C(C(=O)OCCN2CCC(c3ccccc3)(c3ccccc3)CC2)C1c1cccc([N+](=O)[O-])c1. The van der Waals surface area contributed by atoms with Crippen LogP contribution < -0.4 is 5.32 Å². The van der Waals surface area contributed by atoms with Gasteiger partial charge in [-0.2, -0.15) is 0 Å². The fourth-order valence-corrected chi connectivity index (χ4v) is 6.74. The van der Waals surface area contributed by atoms with Gasteiger partial charge >= 0.3 is 11.9 Å². The highest BCUT2D eigenvalue weighted by atomic mass is 16.6. The Labute approximate surface area is 275 Å². The van der Waals surface area contributed by atoms with Crippen molar-refractivity contribution >= 4 is 17.6 Å². The van der Waals surface area contributed by atoms with Crippen LogP contribution in [0.5, 0.6) is 0 Å². The first-order chi connectivity index (χ1) is 22.7. The van der Waals surface area contributed by atoms with E-state index < -0.39 is 22.8 Å². The van der Waals surface area contributed by atoms with Gasteiger partial charge < -0.3 is 19.5 Å². The molecule has 10 heteroatoms. The van der Waals surface area contributed by atoms with Crippen LogP contribution in [-0.4, -0.2) is 68.3 Å². The van der Waals surface area contributed by atoms with Gasteiger partial charge in [0.05, 0.1) is 28.6 Å². The molecule has 0 radical (unpaired) electrons. The Kier molecular flexibility index (Phi) is 10.8. The maximum atomic E-state index is 13.8. The van der Waals surface area contributed by atoms with Crippen molar-refractivity contribution in [3.05, 3.63) is 134 Å². The fraction of sp³-hybridized carbons (Fsp3) is 0.351. The molecule has 2 heterocycles. The molecule has 1 unspecified atom stereocenters. The molecule has 0 aliphatic carbocycles. The molecule has 0 saturated carbocycles. The largest absolute Gasteiger partial charge is 0.461 e. The fourth-order valence-electron chi connectivity index (χ4n) is 6.74. The summed E-state index contributed by atoms with van der Waals surface area (Å²) in [6.07, 6.45) is 1.85. The Bertz CT molecular complexity index is 1600. The number of dihydropyridines is 1. The predicted molar refractivity (Wildman–Crippen MR) is 178 cm³/mol. The van der Waals surface area contributed by atoms with Gasteiger partial charge in [0.15, 0.2) is 0 Å². The standard InChI is InChI=1S/C37H41N3O7/c1-26-32(34(28-11-10-16-31(25-28)40(43)44)33(27(2)38-26)36(42)47-24-23-45-3)35(41)46-22-21-39-19-17-37(18-20-39,29-12-6-4-7-13-29)30-14-8-5-9-15-30/h4-16,25,34,38H,17-24H2,1-3H3. The Morgan fingerprint density at radius 2 is 1.38 bits per heavy atom. The monoisotopic (exact) mass is 639 g/mol. The summed E-state index contributed by atoms with van der Waals surface area (Å²) in [5.74, 6) is -2.16. The average molecular weight is 640 g/mol. The molecular formula is C37H41N3O7. The maximum absolute atomic E-state index is 13.8. The number of likely N-dealkylation sites (tertiary alicyclic amines) is 1. The first-order valence-corrected chi connectivity index (χ1v) is 15.8. The molecule has 2 aliphatic heterocycles. The second-order valence-corrected chi connectivity index (χ2v) is 11.9. The molecule has 1 atom stereocenters. The van der Waals surface area contributed by atoms with Crippen LogP contribution in [0.3, 0.4) is 0 Å². The molecular weight excluding hydrogens is 598 g/mol. The third-order valence-electron chi connectivity index (χ3n) is 9.14. The van der Waals surface area contributed by atoms with E-state index in [0.29, 0.717) is 23.5 Å². The van der Waals surface area contributed by atoms with Gasteiger partial charge in [0.25, 0.3) is 5.69 Å². The van der Waals surface area contributed by atoms with Crippen LogP contribution in [0.2, 0.25) is 0 Å². The third-order valence-corrected chi connectivity index (χ3v) is 9.14. The van der Waals surface area contributed by atoms with E-state index in [1.165, 1.54) is 36.4 Å². The number of nitro groups is 1. The van der Waals surface area contributed by atoms with E-state index >= 15 is 0 Å². The van der Waals surface area contributed by atoms with Crippen LogP contribution in [0.25, 0.3) is 0 Å². The molecule has 1 N–H and O–H groups in total. The number of benzene rings is 3. The predicted octanol–water partition coefficient (Wildman–Crippen LogP) is 5.64. The number of esters is 2. The number of hydrogen-bond acceptors (Lipinski definition) is 9. The number of hydrogen-bond donors (Lipinski definition) is 1. The smallest absolute Gasteiger partial charge is 0.336 e. The number of carbonyl (C=O) groups is 2. The van der Waals surface area contributed by atoms with Gasteiger partial charge in [0, 0.05) is 42.6 Å². The molecule has 47 heavy (non-hydrogen) atoms. The average Bonchev–Trinajstić information content (AvgIpc) is 3.09. The highest BCUT2D eigenvalue weighted by Crippen LogP contribution is 2.42. The summed E-state index contributed by atoms with van der Waals surface area (Å²) >= 11 is 0. The number of carbonyl (C=O) groups excluding carboxylic acids is 2. The summed E-state index contributed by atoms with van der Waals surface area (Å²) in [6.45, 7) is 6.03. The zero-order chi connectivity index (χ0) is 33.4. The number of piperidine rings is 1. The van der Waals surface area contributed by atoms with Gasteiger partial charge in [-0.1, -0.05) is 72.8 Å². The van der Waals surface area contributed by atoms with Crippen molar-refractivity contribution in [1.29, 1.82) is 0 Å². The summed E-state index contributed by atoms with van der Waals surface area (Å²) in [4.78, 5) is 40.6. The summed E-state index contributed by atoms with van der Waals surface area (Å²) in [5.41, 5.74) is 4.18. The van der Waals surface area contributed by atoms with E-state index in [1.54, 1.807) is 19.9 Å². The first-order valence-electron chi connectivity index (χ1n) is 15.8. The van der Waals surface area contributed by atoms with Gasteiger partial charge in [-0.25, -0.2) is 9.59 Å². The Morgan fingerprint density at radius 3 is 1.91 bits per heavy atom. The number of ether oxygens (including phenoxy) is 3. The van der Waals surface area contributed by atoms with Crippen molar-refractivity contribution in [3.8, 4) is 0 Å². The molecule has 2 aliphatic rings. The van der Waals surface area contributed by atoms with Crippen molar-refractivity contribution in [2.75, 3.05) is 46.6 Å². The second-order valence-electron chi connectivity index (χ2n) is 11.9. The molecule has 10 nitrogen and oxygen atoms in total. The Hall–Kier alpha value is -4.80. The lowest BCUT2D eigenvalue weighted by molar-refractivity contribution is -0.384. The number of nitrogens with one attached hydrogen (secondary N) is 1. The number of nitro benzene ring substituents is 1. The molecule has 246 valence electrons. The maximum Gasteiger partial charge on any atom is 0.336 e. The van der Waals surface area contributed by atoms with Crippen molar-refractivity contribution < 1.29 is 28.7 Å². The van der Waals surface area contributed by atoms with Crippen molar-refractivity contribution in [3.63, 3.8) is 0 Å². The van der Waals surface area contributed by atoms with Gasteiger partial charge in [0.1, 0.15) is 13.2 Å². The molecule has 1 saturated heterocycles. The minimum Gasteiger partial charge on any atom is -0.461 e. The van der Waals surface area contributed by atoms with Crippen LogP contribution in [0.4, 0.5) is 5.69 Å². The Balaban J connectivity index is 1.31. The molecule has 0 spiro atoms. The highest BCUT2D eigenvalue weighted by Gasteiger charge is 2.40. The minimum absolute atomic E-state index is 0.0158. The third kappa shape index (κ3) is 7.45. The lowest BCUT2D eigenvalue weighted by Gasteiger charge is -2.43. The number of rotatable bonds is 12. The first kappa shape index (κ1) is 33.6.